The predicted molar refractivity (Wildman–Crippen MR) is 79.4 cm³/mol. The number of hydrogen-bond donors (Lipinski definition) is 1. The summed E-state index contributed by atoms with van der Waals surface area (Å²) in [7, 11) is 1.37. The highest BCUT2D eigenvalue weighted by atomic mass is 35.5. The SMILES string of the molecule is COc1cc(/C=C/C(=O)c2ccc(F)c(F)c2)cc(Cl)c1O. The fraction of sp³-hybridized carbons (Fsp3) is 0.0625. The van der Waals surface area contributed by atoms with Crippen LogP contribution in [-0.2, 0) is 0 Å². The summed E-state index contributed by atoms with van der Waals surface area (Å²) in [6, 6.07) is 5.82. The molecule has 2 aromatic carbocycles. The molecule has 0 unspecified atom stereocenters. The fourth-order valence-electron chi connectivity index (χ4n) is 1.76. The zero-order valence-electron chi connectivity index (χ0n) is 11.4. The van der Waals surface area contributed by atoms with Crippen LogP contribution in [0.15, 0.2) is 36.4 Å². The van der Waals surface area contributed by atoms with Crippen LogP contribution in [0, 0.1) is 11.6 Å². The first-order valence-corrected chi connectivity index (χ1v) is 6.54. The van der Waals surface area contributed by atoms with Gasteiger partial charge in [-0.1, -0.05) is 17.7 Å². The van der Waals surface area contributed by atoms with E-state index >= 15 is 0 Å². The van der Waals surface area contributed by atoms with Crippen molar-refractivity contribution < 1.29 is 23.4 Å². The van der Waals surface area contributed by atoms with Crippen LogP contribution in [0.5, 0.6) is 11.5 Å². The van der Waals surface area contributed by atoms with E-state index in [1.807, 2.05) is 0 Å². The van der Waals surface area contributed by atoms with Gasteiger partial charge in [0.2, 0.25) is 0 Å². The lowest BCUT2D eigenvalue weighted by molar-refractivity contribution is 0.104. The number of allylic oxidation sites excluding steroid dienone is 1. The maximum Gasteiger partial charge on any atom is 0.185 e. The van der Waals surface area contributed by atoms with Crippen molar-refractivity contribution >= 4 is 23.5 Å². The molecule has 0 aliphatic heterocycles. The predicted octanol–water partition coefficient (Wildman–Crippen LogP) is 4.23. The number of hydrogen-bond acceptors (Lipinski definition) is 3. The maximum atomic E-state index is 13.1. The Morgan fingerprint density at radius 3 is 2.59 bits per heavy atom. The van der Waals surface area contributed by atoms with Gasteiger partial charge in [0.25, 0.3) is 0 Å². The van der Waals surface area contributed by atoms with Gasteiger partial charge in [-0.3, -0.25) is 4.79 Å². The first-order valence-electron chi connectivity index (χ1n) is 6.16. The Morgan fingerprint density at radius 1 is 1.23 bits per heavy atom. The smallest absolute Gasteiger partial charge is 0.185 e. The molecular weight excluding hydrogens is 314 g/mol. The van der Waals surface area contributed by atoms with E-state index < -0.39 is 17.4 Å². The largest absolute Gasteiger partial charge is 0.503 e. The van der Waals surface area contributed by atoms with Gasteiger partial charge in [0.15, 0.2) is 28.9 Å². The first kappa shape index (κ1) is 16.0. The van der Waals surface area contributed by atoms with Crippen LogP contribution in [0.25, 0.3) is 6.08 Å². The van der Waals surface area contributed by atoms with Gasteiger partial charge in [0.05, 0.1) is 12.1 Å². The zero-order valence-corrected chi connectivity index (χ0v) is 12.2. The molecule has 114 valence electrons. The number of aromatic hydroxyl groups is 1. The normalized spacial score (nSPS) is 10.9. The molecule has 3 nitrogen and oxygen atoms in total. The molecular formula is C16H11ClF2O3. The van der Waals surface area contributed by atoms with E-state index in [2.05, 4.69) is 0 Å². The molecule has 0 saturated heterocycles. The summed E-state index contributed by atoms with van der Waals surface area (Å²) in [6.45, 7) is 0. The number of phenolic OH excluding ortho intramolecular Hbond substituents is 1. The zero-order chi connectivity index (χ0) is 16.3. The summed E-state index contributed by atoms with van der Waals surface area (Å²) in [5.41, 5.74) is 0.530. The Bertz CT molecular complexity index is 757. The minimum atomic E-state index is -1.09. The van der Waals surface area contributed by atoms with Crippen LogP contribution in [0.4, 0.5) is 8.78 Å². The molecule has 0 radical (unpaired) electrons. The van der Waals surface area contributed by atoms with Crippen LogP contribution in [0.2, 0.25) is 5.02 Å². The van der Waals surface area contributed by atoms with Crippen molar-refractivity contribution in [2.24, 2.45) is 0 Å². The summed E-state index contributed by atoms with van der Waals surface area (Å²) in [5, 5.41) is 9.68. The van der Waals surface area contributed by atoms with Crippen LogP contribution < -0.4 is 4.74 Å². The lowest BCUT2D eigenvalue weighted by Gasteiger charge is -2.06. The summed E-state index contributed by atoms with van der Waals surface area (Å²) < 4.78 is 30.9. The lowest BCUT2D eigenvalue weighted by Crippen LogP contribution is -1.96. The number of ketones is 1. The van der Waals surface area contributed by atoms with Crippen molar-refractivity contribution in [3.63, 3.8) is 0 Å². The number of carbonyl (C=O) groups is 1. The van der Waals surface area contributed by atoms with E-state index in [4.69, 9.17) is 16.3 Å². The molecule has 22 heavy (non-hydrogen) atoms. The second-order valence-corrected chi connectivity index (χ2v) is 4.79. The van der Waals surface area contributed by atoms with Gasteiger partial charge < -0.3 is 9.84 Å². The number of phenols is 1. The quantitative estimate of drug-likeness (QED) is 0.676. The average molecular weight is 325 g/mol. The first-order chi connectivity index (χ1) is 10.4. The number of benzene rings is 2. The number of methoxy groups -OCH3 is 1. The minimum Gasteiger partial charge on any atom is -0.503 e. The monoisotopic (exact) mass is 324 g/mol. The highest BCUT2D eigenvalue weighted by Crippen LogP contribution is 2.35. The molecule has 2 aromatic rings. The molecule has 0 bridgehead atoms. The Morgan fingerprint density at radius 2 is 1.95 bits per heavy atom. The van der Waals surface area contributed by atoms with Gasteiger partial charge in [-0.2, -0.15) is 0 Å². The highest BCUT2D eigenvalue weighted by molar-refractivity contribution is 6.32. The highest BCUT2D eigenvalue weighted by Gasteiger charge is 2.09. The van der Waals surface area contributed by atoms with E-state index in [9.17, 15) is 18.7 Å². The molecule has 0 saturated carbocycles. The number of carbonyl (C=O) groups excluding carboxylic acids is 1. The van der Waals surface area contributed by atoms with E-state index in [1.54, 1.807) is 0 Å². The van der Waals surface area contributed by atoms with Crippen LogP contribution >= 0.6 is 11.6 Å². The third-order valence-electron chi connectivity index (χ3n) is 2.90. The van der Waals surface area contributed by atoms with Gasteiger partial charge in [-0.15, -0.1) is 0 Å². The average Bonchev–Trinajstić information content (AvgIpc) is 2.50. The molecule has 0 atom stereocenters. The van der Waals surface area contributed by atoms with Gasteiger partial charge in [-0.05, 0) is 42.0 Å². The van der Waals surface area contributed by atoms with Gasteiger partial charge in [0.1, 0.15) is 0 Å². The Balaban J connectivity index is 2.26. The standard InChI is InChI=1S/C16H11ClF2O3/c1-22-15-7-9(6-11(17)16(15)21)2-5-14(20)10-3-4-12(18)13(19)8-10/h2-8,21H,1H3/b5-2+. The van der Waals surface area contributed by atoms with Crippen molar-refractivity contribution in [2.45, 2.75) is 0 Å². The van der Waals surface area contributed by atoms with Gasteiger partial charge >= 0.3 is 0 Å². The van der Waals surface area contributed by atoms with E-state index in [-0.39, 0.29) is 22.1 Å². The second kappa shape index (κ2) is 6.58. The van der Waals surface area contributed by atoms with Crippen molar-refractivity contribution in [1.82, 2.24) is 0 Å². The molecule has 0 aliphatic carbocycles. The Labute approximate surface area is 130 Å². The van der Waals surface area contributed by atoms with Gasteiger partial charge in [-0.25, -0.2) is 8.78 Å². The van der Waals surface area contributed by atoms with E-state index in [1.165, 1.54) is 37.5 Å². The molecule has 1 N–H and O–H groups in total. The Kier molecular flexibility index (Phi) is 4.78. The molecule has 2 rings (SSSR count). The Hall–Kier alpha value is -2.40. The summed E-state index contributed by atoms with van der Waals surface area (Å²) in [6.07, 6.45) is 2.62. The molecule has 6 heteroatoms. The van der Waals surface area contributed by atoms with Crippen molar-refractivity contribution in [3.8, 4) is 11.5 Å². The topological polar surface area (TPSA) is 46.5 Å². The van der Waals surface area contributed by atoms with E-state index in [0.717, 1.165) is 12.1 Å². The number of halogens is 3. The molecule has 0 amide bonds. The summed E-state index contributed by atoms with van der Waals surface area (Å²) in [4.78, 5) is 11.9. The summed E-state index contributed by atoms with van der Waals surface area (Å²) in [5.74, 6) is -2.65. The molecule has 0 aliphatic rings. The van der Waals surface area contributed by atoms with Gasteiger partial charge in [0, 0.05) is 5.56 Å². The van der Waals surface area contributed by atoms with Crippen molar-refractivity contribution in [3.05, 3.63) is 64.2 Å². The van der Waals surface area contributed by atoms with Crippen LogP contribution in [0.1, 0.15) is 15.9 Å². The van der Waals surface area contributed by atoms with Crippen LogP contribution in [-0.4, -0.2) is 18.0 Å². The summed E-state index contributed by atoms with van der Waals surface area (Å²) >= 11 is 5.83. The van der Waals surface area contributed by atoms with E-state index in [0.29, 0.717) is 5.56 Å². The number of ether oxygens (including phenoxy) is 1. The molecule has 0 fully saturated rings. The second-order valence-electron chi connectivity index (χ2n) is 4.38. The lowest BCUT2D eigenvalue weighted by atomic mass is 10.1. The minimum absolute atomic E-state index is 0.0204. The van der Waals surface area contributed by atoms with Crippen LogP contribution in [0.3, 0.4) is 0 Å². The third kappa shape index (κ3) is 3.43. The maximum absolute atomic E-state index is 13.1. The fourth-order valence-corrected chi connectivity index (χ4v) is 1.98. The molecule has 0 heterocycles. The molecule has 0 spiro atoms. The van der Waals surface area contributed by atoms with Crippen molar-refractivity contribution in [1.29, 1.82) is 0 Å². The third-order valence-corrected chi connectivity index (χ3v) is 3.19. The van der Waals surface area contributed by atoms with Crippen molar-refractivity contribution in [2.75, 3.05) is 7.11 Å². The number of rotatable bonds is 4. The molecule has 0 aromatic heterocycles.